The average Bonchev–Trinajstić information content (AvgIpc) is 3.01. The molecule has 144 valence electrons. The van der Waals surface area contributed by atoms with Gasteiger partial charge >= 0.3 is 12.1 Å². The molecule has 0 radical (unpaired) electrons. The topological polar surface area (TPSA) is 59.2 Å². The molecule has 1 aliphatic carbocycles. The Labute approximate surface area is 150 Å². The second-order valence-electron chi connectivity index (χ2n) is 6.14. The van der Waals surface area contributed by atoms with E-state index in [1.807, 2.05) is 0 Å². The Balaban J connectivity index is 1.71. The molecule has 0 bridgehead atoms. The van der Waals surface area contributed by atoms with E-state index in [1.165, 1.54) is 23.1 Å². The van der Waals surface area contributed by atoms with Crippen molar-refractivity contribution in [3.05, 3.63) is 48.4 Å². The SMILES string of the molecule is C=CCN(Cc1ccc(-c2noc(C(F)(F)F)n2)cc1)C(=O)C1CC1(F)F. The summed E-state index contributed by atoms with van der Waals surface area (Å²) in [5.74, 6) is -6.61. The Hall–Kier alpha value is -2.78. The first-order chi connectivity index (χ1) is 12.6. The molecule has 1 aliphatic rings. The van der Waals surface area contributed by atoms with Crippen LogP contribution >= 0.6 is 0 Å². The number of rotatable bonds is 6. The molecule has 10 heteroatoms. The molecule has 5 nitrogen and oxygen atoms in total. The lowest BCUT2D eigenvalue weighted by molar-refractivity contribution is -0.159. The number of alkyl halides is 5. The van der Waals surface area contributed by atoms with Crippen LogP contribution in [0, 0.1) is 5.92 Å². The molecule has 1 fully saturated rings. The van der Waals surface area contributed by atoms with E-state index in [0.717, 1.165) is 0 Å². The molecule has 3 rings (SSSR count). The van der Waals surface area contributed by atoms with Crippen molar-refractivity contribution < 1.29 is 31.3 Å². The molecule has 1 heterocycles. The third-order valence-corrected chi connectivity index (χ3v) is 4.04. The van der Waals surface area contributed by atoms with Crippen LogP contribution in [0.3, 0.4) is 0 Å². The maximum atomic E-state index is 13.1. The van der Waals surface area contributed by atoms with Gasteiger partial charge in [0.1, 0.15) is 5.92 Å². The van der Waals surface area contributed by atoms with Crippen molar-refractivity contribution >= 4 is 5.91 Å². The number of halogens is 5. The summed E-state index contributed by atoms with van der Waals surface area (Å²) in [7, 11) is 0. The number of nitrogens with zero attached hydrogens (tertiary/aromatic N) is 3. The molecule has 2 aromatic rings. The minimum atomic E-state index is -4.73. The van der Waals surface area contributed by atoms with Crippen LogP contribution < -0.4 is 0 Å². The summed E-state index contributed by atoms with van der Waals surface area (Å²) < 4.78 is 68.0. The number of hydrogen-bond acceptors (Lipinski definition) is 4. The minimum Gasteiger partial charge on any atom is -0.334 e. The van der Waals surface area contributed by atoms with E-state index < -0.39 is 36.2 Å². The van der Waals surface area contributed by atoms with Gasteiger partial charge in [0.05, 0.1) is 0 Å². The Kier molecular flexibility index (Phi) is 4.75. The normalized spacial score (nSPS) is 18.2. The first kappa shape index (κ1) is 19.0. The lowest BCUT2D eigenvalue weighted by Crippen LogP contribution is -2.33. The van der Waals surface area contributed by atoms with E-state index in [0.29, 0.717) is 5.56 Å². The van der Waals surface area contributed by atoms with E-state index in [1.54, 1.807) is 12.1 Å². The van der Waals surface area contributed by atoms with E-state index >= 15 is 0 Å². The van der Waals surface area contributed by atoms with Crippen LogP contribution in [0.1, 0.15) is 17.9 Å². The van der Waals surface area contributed by atoms with Crippen LogP contribution in [-0.4, -0.2) is 33.4 Å². The third-order valence-electron chi connectivity index (χ3n) is 4.04. The van der Waals surface area contributed by atoms with Gasteiger partial charge in [-0.25, -0.2) is 8.78 Å². The summed E-state index contributed by atoms with van der Waals surface area (Å²) in [6.07, 6.45) is -3.76. The molecule has 1 atom stereocenters. The molecule has 0 saturated heterocycles. The largest absolute Gasteiger partial charge is 0.471 e. The first-order valence-electron chi connectivity index (χ1n) is 7.89. The zero-order valence-electron chi connectivity index (χ0n) is 13.8. The van der Waals surface area contributed by atoms with Gasteiger partial charge in [-0.3, -0.25) is 4.79 Å². The second kappa shape index (κ2) is 6.75. The van der Waals surface area contributed by atoms with Gasteiger partial charge in [-0.2, -0.15) is 18.2 Å². The number of carbonyl (C=O) groups excluding carboxylic acids is 1. The van der Waals surface area contributed by atoms with Gasteiger partial charge in [0.15, 0.2) is 0 Å². The maximum Gasteiger partial charge on any atom is 0.471 e. The van der Waals surface area contributed by atoms with Gasteiger partial charge in [-0.15, -0.1) is 6.58 Å². The second-order valence-corrected chi connectivity index (χ2v) is 6.14. The van der Waals surface area contributed by atoms with Crippen molar-refractivity contribution in [2.75, 3.05) is 6.54 Å². The molecule has 0 aliphatic heterocycles. The van der Waals surface area contributed by atoms with Crippen molar-refractivity contribution in [3.63, 3.8) is 0 Å². The number of carbonyl (C=O) groups is 1. The van der Waals surface area contributed by atoms with Crippen molar-refractivity contribution in [1.29, 1.82) is 0 Å². The fourth-order valence-corrected chi connectivity index (χ4v) is 2.53. The highest BCUT2D eigenvalue weighted by Gasteiger charge is 2.62. The van der Waals surface area contributed by atoms with Crippen molar-refractivity contribution in [2.24, 2.45) is 5.92 Å². The Morgan fingerprint density at radius 3 is 2.44 bits per heavy atom. The highest BCUT2D eigenvalue weighted by molar-refractivity contribution is 5.83. The highest BCUT2D eigenvalue weighted by Crippen LogP contribution is 2.49. The fraction of sp³-hybridized carbons (Fsp3) is 0.353. The van der Waals surface area contributed by atoms with Crippen molar-refractivity contribution in [1.82, 2.24) is 15.0 Å². The van der Waals surface area contributed by atoms with Crippen molar-refractivity contribution in [3.8, 4) is 11.4 Å². The summed E-state index contributed by atoms with van der Waals surface area (Å²) >= 11 is 0. The van der Waals surface area contributed by atoms with Crippen molar-refractivity contribution in [2.45, 2.75) is 25.1 Å². The monoisotopic (exact) mass is 387 g/mol. The van der Waals surface area contributed by atoms with Crippen LogP contribution in [-0.2, 0) is 17.5 Å². The smallest absolute Gasteiger partial charge is 0.334 e. The van der Waals surface area contributed by atoms with Gasteiger partial charge in [-0.1, -0.05) is 35.5 Å². The van der Waals surface area contributed by atoms with Gasteiger partial charge < -0.3 is 9.42 Å². The lowest BCUT2D eigenvalue weighted by Gasteiger charge is -2.21. The molecule has 0 spiro atoms. The zero-order chi connectivity index (χ0) is 19.8. The van der Waals surface area contributed by atoms with E-state index in [-0.39, 0.29) is 24.5 Å². The molecule has 1 unspecified atom stereocenters. The molecular weight excluding hydrogens is 373 g/mol. The quantitative estimate of drug-likeness (QED) is 0.557. The highest BCUT2D eigenvalue weighted by atomic mass is 19.4. The predicted molar refractivity (Wildman–Crippen MR) is 83.4 cm³/mol. The summed E-state index contributed by atoms with van der Waals surface area (Å²) in [4.78, 5) is 16.7. The van der Waals surface area contributed by atoms with Gasteiger partial charge in [0, 0.05) is 25.1 Å². The first-order valence-corrected chi connectivity index (χ1v) is 7.89. The molecule has 1 saturated carbocycles. The Morgan fingerprint density at radius 2 is 1.96 bits per heavy atom. The van der Waals surface area contributed by atoms with Gasteiger partial charge in [-0.05, 0) is 5.56 Å². The minimum absolute atomic E-state index is 0.0672. The predicted octanol–water partition coefficient (Wildman–Crippen LogP) is 3.93. The van der Waals surface area contributed by atoms with E-state index in [9.17, 15) is 26.7 Å². The molecule has 1 aromatic heterocycles. The van der Waals surface area contributed by atoms with Crippen LogP contribution in [0.2, 0.25) is 0 Å². The molecule has 1 amide bonds. The van der Waals surface area contributed by atoms with Crippen LogP contribution in [0.15, 0.2) is 41.4 Å². The molecule has 0 N–H and O–H groups in total. The van der Waals surface area contributed by atoms with Crippen LogP contribution in [0.25, 0.3) is 11.4 Å². The zero-order valence-corrected chi connectivity index (χ0v) is 13.8. The maximum absolute atomic E-state index is 13.1. The number of hydrogen-bond donors (Lipinski definition) is 0. The summed E-state index contributed by atoms with van der Waals surface area (Å²) in [5, 5.41) is 3.28. The number of aromatic nitrogens is 2. The molecule has 27 heavy (non-hydrogen) atoms. The van der Waals surface area contributed by atoms with Crippen LogP contribution in [0.4, 0.5) is 22.0 Å². The Morgan fingerprint density at radius 1 is 1.33 bits per heavy atom. The molecular formula is C17H14F5N3O2. The van der Waals surface area contributed by atoms with E-state index in [4.69, 9.17) is 0 Å². The van der Waals surface area contributed by atoms with Gasteiger partial charge in [0.25, 0.3) is 5.92 Å². The Bertz CT molecular complexity index is 845. The van der Waals surface area contributed by atoms with E-state index in [2.05, 4.69) is 21.2 Å². The third kappa shape index (κ3) is 4.15. The molecule has 1 aromatic carbocycles. The number of benzene rings is 1. The lowest BCUT2D eigenvalue weighted by atomic mass is 10.1. The standard InChI is InChI=1S/C17H14F5N3O2/c1-2-7-25(14(26)12-8-16(12,18)19)9-10-3-5-11(6-4-10)13-23-15(27-24-13)17(20,21)22/h2-6,12H,1,7-9H2. The van der Waals surface area contributed by atoms with Crippen LogP contribution in [0.5, 0.6) is 0 Å². The summed E-state index contributed by atoms with van der Waals surface area (Å²) in [6, 6.07) is 6.02. The summed E-state index contributed by atoms with van der Waals surface area (Å²) in [5.41, 5.74) is 0.894. The summed E-state index contributed by atoms with van der Waals surface area (Å²) in [6.45, 7) is 3.69. The number of amides is 1. The average molecular weight is 387 g/mol. The fourth-order valence-electron chi connectivity index (χ4n) is 2.53. The van der Waals surface area contributed by atoms with Gasteiger partial charge in [0.2, 0.25) is 11.7 Å².